The fourth-order valence-corrected chi connectivity index (χ4v) is 2.21. The highest BCUT2D eigenvalue weighted by Crippen LogP contribution is 2.15. The zero-order valence-corrected chi connectivity index (χ0v) is 14.8. The van der Waals surface area contributed by atoms with E-state index in [4.69, 9.17) is 16.3 Å². The van der Waals surface area contributed by atoms with E-state index >= 15 is 0 Å². The van der Waals surface area contributed by atoms with Crippen molar-refractivity contribution in [2.75, 3.05) is 11.9 Å². The first-order valence-electron chi connectivity index (χ1n) is 7.75. The van der Waals surface area contributed by atoms with E-state index in [0.717, 1.165) is 12.1 Å². The fraction of sp³-hybridized carbons (Fsp3) is 0.167. The van der Waals surface area contributed by atoms with Crippen LogP contribution in [0.4, 0.5) is 14.5 Å². The van der Waals surface area contributed by atoms with Crippen LogP contribution in [0.15, 0.2) is 42.5 Å². The number of halogens is 3. The molecule has 0 aromatic heterocycles. The van der Waals surface area contributed by atoms with Crippen LogP contribution in [0.3, 0.4) is 0 Å². The van der Waals surface area contributed by atoms with Crippen LogP contribution in [0.1, 0.15) is 17.3 Å². The summed E-state index contributed by atoms with van der Waals surface area (Å²) in [5, 5.41) is 5.08. The second kappa shape index (κ2) is 9.09. The number of carbonyl (C=O) groups excluding carboxylic acids is 3. The highest BCUT2D eigenvalue weighted by atomic mass is 35.5. The van der Waals surface area contributed by atoms with Crippen LogP contribution in [-0.4, -0.2) is 30.4 Å². The van der Waals surface area contributed by atoms with Gasteiger partial charge in [0.2, 0.25) is 0 Å². The molecule has 1 atom stereocenters. The summed E-state index contributed by atoms with van der Waals surface area (Å²) in [5.74, 6) is -4.31. The van der Waals surface area contributed by atoms with E-state index in [0.29, 0.717) is 16.8 Å². The molecule has 142 valence electrons. The lowest BCUT2D eigenvalue weighted by atomic mass is 10.2. The van der Waals surface area contributed by atoms with Crippen molar-refractivity contribution in [1.29, 1.82) is 0 Å². The van der Waals surface area contributed by atoms with Crippen LogP contribution in [-0.2, 0) is 14.3 Å². The Bertz CT molecular complexity index is 876. The second-order valence-electron chi connectivity index (χ2n) is 5.44. The first kappa shape index (κ1) is 20.3. The van der Waals surface area contributed by atoms with E-state index in [-0.39, 0.29) is 0 Å². The van der Waals surface area contributed by atoms with E-state index < -0.39 is 47.6 Å². The predicted octanol–water partition coefficient (Wildman–Crippen LogP) is 2.92. The lowest BCUT2D eigenvalue weighted by Gasteiger charge is -2.14. The van der Waals surface area contributed by atoms with Crippen LogP contribution in [0.25, 0.3) is 0 Å². The van der Waals surface area contributed by atoms with Gasteiger partial charge in [-0.05, 0) is 37.3 Å². The highest BCUT2D eigenvalue weighted by molar-refractivity contribution is 6.30. The highest BCUT2D eigenvalue weighted by Gasteiger charge is 2.19. The second-order valence-corrected chi connectivity index (χ2v) is 5.87. The topological polar surface area (TPSA) is 84.5 Å². The van der Waals surface area contributed by atoms with Gasteiger partial charge in [-0.1, -0.05) is 17.7 Å². The van der Waals surface area contributed by atoms with Gasteiger partial charge in [-0.3, -0.25) is 14.4 Å². The third-order valence-corrected chi connectivity index (χ3v) is 3.57. The molecule has 0 saturated heterocycles. The van der Waals surface area contributed by atoms with Gasteiger partial charge in [0.15, 0.2) is 6.10 Å². The van der Waals surface area contributed by atoms with Crippen molar-refractivity contribution < 1.29 is 27.9 Å². The quantitative estimate of drug-likeness (QED) is 0.735. The molecule has 2 aromatic carbocycles. The molecule has 0 aliphatic carbocycles. The largest absolute Gasteiger partial charge is 0.451 e. The third kappa shape index (κ3) is 6.03. The number of carbonyl (C=O) groups is 3. The first-order chi connectivity index (χ1) is 12.8. The number of amides is 2. The molecule has 0 aliphatic rings. The number of rotatable bonds is 6. The van der Waals surface area contributed by atoms with Crippen LogP contribution < -0.4 is 10.6 Å². The maximum atomic E-state index is 13.5. The standard InChI is InChI=1S/C18H15ClF2N2O4/c1-10(17(25)23-13-4-2-3-11(19)7-13)27-16(24)9-22-18(26)14-6-5-12(20)8-15(14)21/h2-8,10H,9H2,1H3,(H,22,26)(H,23,25). The monoisotopic (exact) mass is 396 g/mol. The Morgan fingerprint density at radius 2 is 1.89 bits per heavy atom. The number of hydrogen-bond acceptors (Lipinski definition) is 4. The number of nitrogens with one attached hydrogen (secondary N) is 2. The van der Waals surface area contributed by atoms with Crippen molar-refractivity contribution >= 4 is 35.1 Å². The van der Waals surface area contributed by atoms with E-state index in [1.54, 1.807) is 18.2 Å². The Morgan fingerprint density at radius 1 is 1.15 bits per heavy atom. The number of benzene rings is 2. The van der Waals surface area contributed by atoms with Crippen molar-refractivity contribution in [3.8, 4) is 0 Å². The van der Waals surface area contributed by atoms with Crippen molar-refractivity contribution in [2.24, 2.45) is 0 Å². The molecule has 2 aromatic rings. The minimum atomic E-state index is -1.14. The maximum absolute atomic E-state index is 13.5. The van der Waals surface area contributed by atoms with Gasteiger partial charge < -0.3 is 15.4 Å². The molecule has 9 heteroatoms. The Balaban J connectivity index is 1.83. The average molecular weight is 397 g/mol. The maximum Gasteiger partial charge on any atom is 0.326 e. The van der Waals surface area contributed by atoms with Crippen molar-refractivity contribution in [2.45, 2.75) is 13.0 Å². The van der Waals surface area contributed by atoms with Gasteiger partial charge in [0, 0.05) is 16.8 Å². The molecule has 0 saturated carbocycles. The van der Waals surface area contributed by atoms with Gasteiger partial charge in [-0.15, -0.1) is 0 Å². The summed E-state index contributed by atoms with van der Waals surface area (Å²) in [6, 6.07) is 8.81. The molecule has 0 aliphatic heterocycles. The molecule has 6 nitrogen and oxygen atoms in total. The van der Waals surface area contributed by atoms with Gasteiger partial charge in [-0.2, -0.15) is 0 Å². The Morgan fingerprint density at radius 3 is 2.56 bits per heavy atom. The number of hydrogen-bond donors (Lipinski definition) is 2. The van der Waals surface area contributed by atoms with Gasteiger partial charge in [0.25, 0.3) is 11.8 Å². The molecule has 0 radical (unpaired) electrons. The summed E-state index contributed by atoms with van der Waals surface area (Å²) in [6.45, 7) is 0.754. The van der Waals surface area contributed by atoms with Crippen LogP contribution in [0.2, 0.25) is 5.02 Å². The van der Waals surface area contributed by atoms with Crippen molar-refractivity contribution in [3.05, 3.63) is 64.7 Å². The molecular weight excluding hydrogens is 382 g/mol. The van der Waals surface area contributed by atoms with Gasteiger partial charge >= 0.3 is 5.97 Å². The fourth-order valence-electron chi connectivity index (χ4n) is 2.02. The van der Waals surface area contributed by atoms with Crippen LogP contribution in [0.5, 0.6) is 0 Å². The third-order valence-electron chi connectivity index (χ3n) is 3.34. The van der Waals surface area contributed by atoms with Gasteiger partial charge in [-0.25, -0.2) is 8.78 Å². The summed E-state index contributed by atoms with van der Waals surface area (Å²) >= 11 is 5.81. The summed E-state index contributed by atoms with van der Waals surface area (Å²) in [5.41, 5.74) is 0.00596. The minimum Gasteiger partial charge on any atom is -0.451 e. The molecule has 0 fully saturated rings. The van der Waals surface area contributed by atoms with Gasteiger partial charge in [0.1, 0.15) is 18.2 Å². The minimum absolute atomic E-state index is 0.420. The number of ether oxygens (including phenoxy) is 1. The van der Waals surface area contributed by atoms with Crippen LogP contribution >= 0.6 is 11.6 Å². The van der Waals surface area contributed by atoms with E-state index in [1.165, 1.54) is 13.0 Å². The normalized spacial score (nSPS) is 11.4. The summed E-state index contributed by atoms with van der Waals surface area (Å²) in [4.78, 5) is 35.5. The molecular formula is C18H15ClF2N2O4. The molecule has 0 spiro atoms. The number of anilines is 1. The summed E-state index contributed by atoms with van der Waals surface area (Å²) in [7, 11) is 0. The van der Waals surface area contributed by atoms with E-state index in [2.05, 4.69) is 10.6 Å². The first-order valence-corrected chi connectivity index (χ1v) is 8.13. The predicted molar refractivity (Wildman–Crippen MR) is 94.3 cm³/mol. The smallest absolute Gasteiger partial charge is 0.326 e. The lowest BCUT2D eigenvalue weighted by molar-refractivity contribution is -0.152. The molecule has 1 unspecified atom stereocenters. The Kier molecular flexibility index (Phi) is 6.84. The molecule has 2 amide bonds. The zero-order chi connectivity index (χ0) is 20.0. The molecule has 0 bridgehead atoms. The van der Waals surface area contributed by atoms with Crippen molar-refractivity contribution in [3.63, 3.8) is 0 Å². The molecule has 27 heavy (non-hydrogen) atoms. The molecule has 0 heterocycles. The average Bonchev–Trinajstić information content (AvgIpc) is 2.59. The Hall–Kier alpha value is -3.00. The van der Waals surface area contributed by atoms with E-state index in [1.807, 2.05) is 0 Å². The summed E-state index contributed by atoms with van der Waals surface area (Å²) in [6.07, 6.45) is -1.14. The van der Waals surface area contributed by atoms with E-state index in [9.17, 15) is 23.2 Å². The van der Waals surface area contributed by atoms with Crippen LogP contribution in [0, 0.1) is 11.6 Å². The molecule has 2 N–H and O–H groups in total. The molecule has 2 rings (SSSR count). The summed E-state index contributed by atoms with van der Waals surface area (Å²) < 4.78 is 31.2. The lowest BCUT2D eigenvalue weighted by Crippen LogP contribution is -2.36. The number of esters is 1. The zero-order valence-electron chi connectivity index (χ0n) is 14.1. The van der Waals surface area contributed by atoms with Gasteiger partial charge in [0.05, 0.1) is 5.56 Å². The Labute approximate surface area is 158 Å². The van der Waals surface area contributed by atoms with Crippen molar-refractivity contribution in [1.82, 2.24) is 5.32 Å². The SMILES string of the molecule is CC(OC(=O)CNC(=O)c1ccc(F)cc1F)C(=O)Nc1cccc(Cl)c1.